The number of carbonyl (C=O) groups excluding carboxylic acids is 2. The summed E-state index contributed by atoms with van der Waals surface area (Å²) in [4.78, 5) is 21.9. The van der Waals surface area contributed by atoms with Gasteiger partial charge in [-0.15, -0.1) is 0 Å². The Kier molecular flexibility index (Phi) is 6.36. The molecule has 4 nitrogen and oxygen atoms in total. The summed E-state index contributed by atoms with van der Waals surface area (Å²) in [5.41, 5.74) is 0. The van der Waals surface area contributed by atoms with Crippen LogP contribution in [0.2, 0.25) is 0 Å². The second-order valence-corrected chi connectivity index (χ2v) is 2.94. The first-order valence-corrected chi connectivity index (χ1v) is 4.49. The lowest BCUT2D eigenvalue weighted by molar-refractivity contribution is -0.142. The molecule has 4 heteroatoms. The molecule has 1 atom stereocenters. The molecule has 0 unspecified atom stereocenters. The molecule has 0 aliphatic carbocycles. The molecule has 0 fully saturated rings. The third kappa shape index (κ3) is 4.75. The fraction of sp³-hybridized carbons (Fsp3) is 0.778. The third-order valence-corrected chi connectivity index (χ3v) is 1.76. The summed E-state index contributed by atoms with van der Waals surface area (Å²) in [6.45, 7) is 1.31. The number of hydrogen-bond donors (Lipinski definition) is 2. The fourth-order valence-corrected chi connectivity index (χ4v) is 0.927. The molecule has 0 aromatic carbocycles. The average molecular weight is 188 g/mol. The highest BCUT2D eigenvalue weighted by Gasteiger charge is 2.21. The third-order valence-electron chi connectivity index (χ3n) is 1.76. The number of rotatable bonds is 7. The van der Waals surface area contributed by atoms with E-state index in [4.69, 9.17) is 10.2 Å². The first-order valence-electron chi connectivity index (χ1n) is 4.49. The molecule has 0 bridgehead atoms. The smallest absolute Gasteiger partial charge is 0.229 e. The molecule has 0 aliphatic rings. The van der Waals surface area contributed by atoms with Gasteiger partial charge in [-0.05, 0) is 6.42 Å². The Morgan fingerprint density at radius 3 is 2.38 bits per heavy atom. The van der Waals surface area contributed by atoms with Crippen molar-refractivity contribution in [2.75, 3.05) is 6.61 Å². The van der Waals surface area contributed by atoms with Crippen LogP contribution in [0.5, 0.6) is 0 Å². The van der Waals surface area contributed by atoms with Gasteiger partial charge in [-0.25, -0.2) is 0 Å². The zero-order valence-corrected chi connectivity index (χ0v) is 7.82. The maximum absolute atomic E-state index is 11.0. The highest BCUT2D eigenvalue weighted by atomic mass is 16.3. The summed E-state index contributed by atoms with van der Waals surface area (Å²) < 4.78 is 0. The SMILES string of the molecule is CCCCCC(=O)C(=O)[C@@H](O)CO. The first kappa shape index (κ1) is 12.3. The molecule has 13 heavy (non-hydrogen) atoms. The van der Waals surface area contributed by atoms with Gasteiger partial charge < -0.3 is 10.2 Å². The van der Waals surface area contributed by atoms with Crippen molar-refractivity contribution in [3.05, 3.63) is 0 Å². The van der Waals surface area contributed by atoms with E-state index in [1.165, 1.54) is 0 Å². The largest absolute Gasteiger partial charge is 0.393 e. The second kappa shape index (κ2) is 6.74. The van der Waals surface area contributed by atoms with Gasteiger partial charge in [0.25, 0.3) is 0 Å². The zero-order chi connectivity index (χ0) is 10.3. The van der Waals surface area contributed by atoms with E-state index in [9.17, 15) is 9.59 Å². The van der Waals surface area contributed by atoms with Crippen LogP contribution in [0.4, 0.5) is 0 Å². The summed E-state index contributed by atoms with van der Waals surface area (Å²) in [5.74, 6) is -1.46. The van der Waals surface area contributed by atoms with Crippen molar-refractivity contribution in [2.24, 2.45) is 0 Å². The van der Waals surface area contributed by atoms with Crippen molar-refractivity contribution in [3.63, 3.8) is 0 Å². The summed E-state index contributed by atoms with van der Waals surface area (Å²) in [5, 5.41) is 17.2. The van der Waals surface area contributed by atoms with E-state index in [-0.39, 0.29) is 6.42 Å². The van der Waals surface area contributed by atoms with Gasteiger partial charge in [-0.2, -0.15) is 0 Å². The number of aliphatic hydroxyl groups is 2. The number of aliphatic hydroxyl groups excluding tert-OH is 2. The molecule has 76 valence electrons. The van der Waals surface area contributed by atoms with Gasteiger partial charge >= 0.3 is 0 Å². The molecule has 0 spiro atoms. The molecule has 0 aliphatic heterocycles. The van der Waals surface area contributed by atoms with E-state index in [0.29, 0.717) is 6.42 Å². The van der Waals surface area contributed by atoms with E-state index < -0.39 is 24.3 Å². The highest BCUT2D eigenvalue weighted by Crippen LogP contribution is 2.01. The average Bonchev–Trinajstić information content (AvgIpc) is 2.15. The Hall–Kier alpha value is -0.740. The summed E-state index contributed by atoms with van der Waals surface area (Å²) >= 11 is 0. The Balaban J connectivity index is 3.76. The van der Waals surface area contributed by atoms with Crippen molar-refractivity contribution in [1.82, 2.24) is 0 Å². The van der Waals surface area contributed by atoms with Gasteiger partial charge in [0, 0.05) is 6.42 Å². The van der Waals surface area contributed by atoms with Crippen LogP contribution in [0.3, 0.4) is 0 Å². The molecule has 0 amide bonds. The van der Waals surface area contributed by atoms with Crippen LogP contribution in [0.15, 0.2) is 0 Å². The maximum Gasteiger partial charge on any atom is 0.229 e. The summed E-state index contributed by atoms with van der Waals surface area (Å²) in [6.07, 6.45) is 1.18. The van der Waals surface area contributed by atoms with Crippen LogP contribution in [-0.4, -0.2) is 34.5 Å². The van der Waals surface area contributed by atoms with Gasteiger partial charge in [0.1, 0.15) is 6.10 Å². The molecular weight excluding hydrogens is 172 g/mol. The van der Waals surface area contributed by atoms with Crippen molar-refractivity contribution >= 4 is 11.6 Å². The van der Waals surface area contributed by atoms with Crippen molar-refractivity contribution in [3.8, 4) is 0 Å². The van der Waals surface area contributed by atoms with E-state index in [1.807, 2.05) is 6.92 Å². The topological polar surface area (TPSA) is 74.6 Å². The molecule has 0 saturated carbocycles. The van der Waals surface area contributed by atoms with Crippen LogP contribution in [0.25, 0.3) is 0 Å². The summed E-state index contributed by atoms with van der Waals surface area (Å²) in [7, 11) is 0. The number of carbonyl (C=O) groups is 2. The van der Waals surface area contributed by atoms with Gasteiger partial charge in [0.15, 0.2) is 0 Å². The fourth-order valence-electron chi connectivity index (χ4n) is 0.927. The number of unbranched alkanes of at least 4 members (excludes halogenated alkanes) is 2. The second-order valence-electron chi connectivity index (χ2n) is 2.94. The van der Waals surface area contributed by atoms with Gasteiger partial charge in [0.2, 0.25) is 11.6 Å². The molecule has 0 radical (unpaired) electrons. The quantitative estimate of drug-likeness (QED) is 0.437. The number of hydrogen-bond acceptors (Lipinski definition) is 4. The first-order chi connectivity index (χ1) is 6.13. The van der Waals surface area contributed by atoms with Gasteiger partial charge in [-0.1, -0.05) is 19.8 Å². The predicted molar refractivity (Wildman–Crippen MR) is 47.2 cm³/mol. The molecule has 2 N–H and O–H groups in total. The lowest BCUT2D eigenvalue weighted by Crippen LogP contribution is -2.31. The Morgan fingerprint density at radius 2 is 1.92 bits per heavy atom. The predicted octanol–water partition coefficient (Wildman–Crippen LogP) is 0.0581. The Labute approximate surface area is 77.6 Å². The highest BCUT2D eigenvalue weighted by molar-refractivity contribution is 6.38. The van der Waals surface area contributed by atoms with Crippen molar-refractivity contribution in [1.29, 1.82) is 0 Å². The van der Waals surface area contributed by atoms with Gasteiger partial charge in [0.05, 0.1) is 6.61 Å². The molecule has 0 saturated heterocycles. The monoisotopic (exact) mass is 188 g/mol. The van der Waals surface area contributed by atoms with Crippen LogP contribution >= 0.6 is 0 Å². The normalized spacial score (nSPS) is 12.5. The minimum absolute atomic E-state index is 0.170. The van der Waals surface area contributed by atoms with Crippen LogP contribution in [0.1, 0.15) is 32.6 Å². The Morgan fingerprint density at radius 1 is 1.31 bits per heavy atom. The molecular formula is C9H16O4. The molecule has 0 aromatic heterocycles. The van der Waals surface area contributed by atoms with E-state index >= 15 is 0 Å². The van der Waals surface area contributed by atoms with Crippen LogP contribution in [0, 0.1) is 0 Å². The number of Topliss-reactive ketones (excluding diaryl/α,β-unsaturated/α-hetero) is 2. The van der Waals surface area contributed by atoms with E-state index in [2.05, 4.69) is 0 Å². The molecule has 0 heterocycles. The lowest BCUT2D eigenvalue weighted by atomic mass is 10.1. The van der Waals surface area contributed by atoms with Crippen molar-refractivity contribution in [2.45, 2.75) is 38.7 Å². The zero-order valence-electron chi connectivity index (χ0n) is 7.82. The van der Waals surface area contributed by atoms with Gasteiger partial charge in [-0.3, -0.25) is 9.59 Å². The molecule has 0 rings (SSSR count). The van der Waals surface area contributed by atoms with E-state index in [1.54, 1.807) is 0 Å². The van der Waals surface area contributed by atoms with Crippen LogP contribution in [-0.2, 0) is 9.59 Å². The standard InChI is InChI=1S/C9H16O4/c1-2-3-4-5-7(11)9(13)8(12)6-10/h8,10,12H,2-6H2,1H3/t8-/m0/s1. The minimum atomic E-state index is -1.53. The van der Waals surface area contributed by atoms with Crippen LogP contribution < -0.4 is 0 Å². The number of ketones is 2. The van der Waals surface area contributed by atoms with Crippen molar-refractivity contribution < 1.29 is 19.8 Å². The maximum atomic E-state index is 11.0. The minimum Gasteiger partial charge on any atom is -0.393 e. The molecule has 0 aromatic rings. The summed E-state index contributed by atoms with van der Waals surface area (Å²) in [6, 6.07) is 0. The lowest BCUT2D eigenvalue weighted by Gasteiger charge is -2.03. The Bertz CT molecular complexity index is 176. The van der Waals surface area contributed by atoms with E-state index in [0.717, 1.165) is 12.8 Å².